The van der Waals surface area contributed by atoms with Crippen molar-refractivity contribution in [3.8, 4) is 0 Å². The summed E-state index contributed by atoms with van der Waals surface area (Å²) in [6.45, 7) is 0.988. The molecule has 2 fully saturated rings. The van der Waals surface area contributed by atoms with Gasteiger partial charge in [0.05, 0.1) is 0 Å². The van der Waals surface area contributed by atoms with Crippen molar-refractivity contribution in [2.75, 3.05) is 18.9 Å². The Hall–Kier alpha value is -1.76. The third-order valence-corrected chi connectivity index (χ3v) is 4.84. The lowest BCUT2D eigenvalue weighted by atomic mass is 9.91. The van der Waals surface area contributed by atoms with E-state index in [1.54, 1.807) is 0 Å². The van der Waals surface area contributed by atoms with E-state index >= 15 is 0 Å². The molecule has 2 unspecified atom stereocenters. The van der Waals surface area contributed by atoms with E-state index in [1.807, 2.05) is 12.1 Å². The summed E-state index contributed by atoms with van der Waals surface area (Å²) in [6, 6.07) is 5.40. The molecule has 106 valence electrons. The van der Waals surface area contributed by atoms with Crippen LogP contribution in [0.15, 0.2) is 12.1 Å². The lowest BCUT2D eigenvalue weighted by molar-refractivity contribution is 0.139. The van der Waals surface area contributed by atoms with Crippen LogP contribution < -0.4 is 5.32 Å². The zero-order chi connectivity index (χ0) is 13.5. The number of rotatable bonds is 3. The summed E-state index contributed by atoms with van der Waals surface area (Å²) in [4.78, 5) is 2.57. The summed E-state index contributed by atoms with van der Waals surface area (Å²) in [5, 5.41) is 19.0. The molecule has 2 aliphatic heterocycles. The van der Waals surface area contributed by atoms with Crippen LogP contribution in [0.2, 0.25) is 0 Å². The molecule has 2 aromatic heterocycles. The van der Waals surface area contributed by atoms with Crippen LogP contribution in [0.3, 0.4) is 0 Å². The van der Waals surface area contributed by atoms with Gasteiger partial charge in [0.15, 0.2) is 5.65 Å². The van der Waals surface area contributed by atoms with Gasteiger partial charge in [0.25, 0.3) is 0 Å². The minimum absolute atomic E-state index is 0.674. The van der Waals surface area contributed by atoms with Crippen molar-refractivity contribution in [1.82, 2.24) is 30.2 Å². The van der Waals surface area contributed by atoms with Gasteiger partial charge < -0.3 is 10.2 Å². The van der Waals surface area contributed by atoms with E-state index in [0.29, 0.717) is 5.65 Å². The minimum atomic E-state index is 0.674. The second-order valence-electron chi connectivity index (χ2n) is 6.01. The number of tetrazole rings is 1. The number of nitrogens with one attached hydrogen (secondary N) is 1. The van der Waals surface area contributed by atoms with Crippen LogP contribution in [-0.4, -0.2) is 55.8 Å². The molecular weight excluding hydrogens is 254 g/mol. The fourth-order valence-electron chi connectivity index (χ4n) is 3.68. The van der Waals surface area contributed by atoms with Gasteiger partial charge in [0.1, 0.15) is 5.82 Å². The van der Waals surface area contributed by atoms with Crippen LogP contribution in [0.25, 0.3) is 5.65 Å². The maximum atomic E-state index is 4.35. The van der Waals surface area contributed by atoms with Crippen molar-refractivity contribution >= 4 is 11.5 Å². The molecule has 2 bridgehead atoms. The summed E-state index contributed by atoms with van der Waals surface area (Å²) in [5.74, 6) is 1.59. The molecule has 20 heavy (non-hydrogen) atoms. The fraction of sp³-hybridized carbons (Fsp3) is 0.692. The highest BCUT2D eigenvalue weighted by molar-refractivity contribution is 5.42. The smallest absolute Gasteiger partial charge is 0.200 e. The molecule has 0 aromatic carbocycles. The Morgan fingerprint density at radius 3 is 2.85 bits per heavy atom. The van der Waals surface area contributed by atoms with Crippen molar-refractivity contribution in [2.24, 2.45) is 5.92 Å². The predicted octanol–water partition coefficient (Wildman–Crippen LogP) is 0.804. The van der Waals surface area contributed by atoms with Gasteiger partial charge >= 0.3 is 0 Å². The third-order valence-electron chi connectivity index (χ3n) is 4.84. The van der Waals surface area contributed by atoms with Gasteiger partial charge in [-0.2, -0.15) is 0 Å². The van der Waals surface area contributed by atoms with Crippen LogP contribution >= 0.6 is 0 Å². The molecule has 0 amide bonds. The Kier molecular flexibility index (Phi) is 2.80. The molecule has 7 nitrogen and oxygen atoms in total. The maximum absolute atomic E-state index is 4.35. The number of aromatic nitrogens is 5. The molecule has 0 saturated carbocycles. The first-order chi connectivity index (χ1) is 9.79. The van der Waals surface area contributed by atoms with Crippen LogP contribution in [0.1, 0.15) is 25.7 Å². The van der Waals surface area contributed by atoms with E-state index in [1.165, 1.54) is 30.3 Å². The summed E-state index contributed by atoms with van der Waals surface area (Å²) in [6.07, 6.45) is 5.33. The molecule has 2 saturated heterocycles. The van der Waals surface area contributed by atoms with E-state index in [2.05, 4.69) is 37.9 Å². The average Bonchev–Trinajstić information content (AvgIpc) is 2.98. The molecule has 0 spiro atoms. The van der Waals surface area contributed by atoms with Gasteiger partial charge in [-0.1, -0.05) is 0 Å². The average molecular weight is 273 g/mol. The first-order valence-corrected chi connectivity index (χ1v) is 7.31. The van der Waals surface area contributed by atoms with Gasteiger partial charge in [-0.3, -0.25) is 0 Å². The van der Waals surface area contributed by atoms with Crippen LogP contribution in [-0.2, 0) is 0 Å². The van der Waals surface area contributed by atoms with Gasteiger partial charge in [0, 0.05) is 18.6 Å². The molecule has 4 heterocycles. The standard InChI is InChI=1S/C13H19N7/c1-19-10-2-3-11(19)7-9(6-10)8-14-12-4-5-13-15-17-18-20(13)16-12/h4-5,9-11H,2-3,6-8H2,1H3,(H,14,16). The van der Waals surface area contributed by atoms with Crippen molar-refractivity contribution in [3.63, 3.8) is 0 Å². The Morgan fingerprint density at radius 1 is 1.25 bits per heavy atom. The largest absolute Gasteiger partial charge is 0.368 e. The monoisotopic (exact) mass is 273 g/mol. The number of fused-ring (bicyclic) bond motifs is 3. The number of hydrogen-bond donors (Lipinski definition) is 1. The Labute approximate surface area is 117 Å². The van der Waals surface area contributed by atoms with Crippen molar-refractivity contribution in [1.29, 1.82) is 0 Å². The summed E-state index contributed by atoms with van der Waals surface area (Å²) in [5.41, 5.74) is 0.674. The van der Waals surface area contributed by atoms with E-state index in [9.17, 15) is 0 Å². The highest BCUT2D eigenvalue weighted by atomic mass is 15.6. The van der Waals surface area contributed by atoms with E-state index in [0.717, 1.165) is 30.4 Å². The van der Waals surface area contributed by atoms with Crippen molar-refractivity contribution in [2.45, 2.75) is 37.8 Å². The Morgan fingerprint density at radius 2 is 2.05 bits per heavy atom. The molecule has 4 rings (SSSR count). The molecule has 2 atom stereocenters. The third kappa shape index (κ3) is 2.02. The zero-order valence-electron chi connectivity index (χ0n) is 11.6. The van der Waals surface area contributed by atoms with Gasteiger partial charge in [-0.15, -0.1) is 14.8 Å². The van der Waals surface area contributed by atoms with E-state index in [-0.39, 0.29) is 0 Å². The lowest BCUT2D eigenvalue weighted by Gasteiger charge is -2.36. The van der Waals surface area contributed by atoms with Crippen LogP contribution in [0.5, 0.6) is 0 Å². The topological polar surface area (TPSA) is 71.2 Å². The highest BCUT2D eigenvalue weighted by Crippen LogP contribution is 2.37. The fourth-order valence-corrected chi connectivity index (χ4v) is 3.68. The maximum Gasteiger partial charge on any atom is 0.200 e. The van der Waals surface area contributed by atoms with Crippen molar-refractivity contribution in [3.05, 3.63) is 12.1 Å². The van der Waals surface area contributed by atoms with Crippen LogP contribution in [0.4, 0.5) is 5.82 Å². The first-order valence-electron chi connectivity index (χ1n) is 7.31. The first kappa shape index (κ1) is 12.0. The molecule has 1 N–H and O–H groups in total. The van der Waals surface area contributed by atoms with Gasteiger partial charge in [-0.25, -0.2) is 0 Å². The Bertz CT molecular complexity index is 596. The highest BCUT2D eigenvalue weighted by Gasteiger charge is 2.38. The molecule has 0 radical (unpaired) electrons. The molecule has 2 aliphatic rings. The number of nitrogens with zero attached hydrogens (tertiary/aromatic N) is 6. The normalized spacial score (nSPS) is 29.9. The van der Waals surface area contributed by atoms with E-state index < -0.39 is 0 Å². The zero-order valence-corrected chi connectivity index (χ0v) is 11.6. The SMILES string of the molecule is CN1C2CCC1CC(CNc1ccc3nnnn3n1)C2. The predicted molar refractivity (Wildman–Crippen MR) is 74.4 cm³/mol. The lowest BCUT2D eigenvalue weighted by Crippen LogP contribution is -2.41. The van der Waals surface area contributed by atoms with Gasteiger partial charge in [-0.05, 0) is 61.2 Å². The second-order valence-corrected chi connectivity index (χ2v) is 6.01. The summed E-state index contributed by atoms with van der Waals surface area (Å²) >= 11 is 0. The summed E-state index contributed by atoms with van der Waals surface area (Å²) < 4.78 is 1.46. The number of hydrogen-bond acceptors (Lipinski definition) is 6. The minimum Gasteiger partial charge on any atom is -0.368 e. The molecule has 2 aromatic rings. The molecular formula is C13H19N7. The Balaban J connectivity index is 1.40. The quantitative estimate of drug-likeness (QED) is 0.892. The van der Waals surface area contributed by atoms with Crippen molar-refractivity contribution < 1.29 is 0 Å². The summed E-state index contributed by atoms with van der Waals surface area (Å²) in [7, 11) is 2.28. The molecule has 0 aliphatic carbocycles. The van der Waals surface area contributed by atoms with Crippen LogP contribution in [0, 0.1) is 5.92 Å². The second kappa shape index (κ2) is 4.66. The van der Waals surface area contributed by atoms with Gasteiger partial charge in [0.2, 0.25) is 0 Å². The van der Waals surface area contributed by atoms with E-state index in [4.69, 9.17) is 0 Å². The molecule has 7 heteroatoms. The number of anilines is 1. The number of piperidine rings is 1.